The highest BCUT2D eigenvalue weighted by atomic mass is 32.1. The van der Waals surface area contributed by atoms with E-state index in [1.165, 1.54) is 28.3 Å². The van der Waals surface area contributed by atoms with E-state index >= 15 is 0 Å². The summed E-state index contributed by atoms with van der Waals surface area (Å²) in [6.07, 6.45) is 4.88. The molecule has 0 aliphatic carbocycles. The number of rotatable bonds is 9. The molecule has 2 amide bonds. The first-order valence-corrected chi connectivity index (χ1v) is 18.5. The smallest absolute Gasteiger partial charge is 0.426 e. The van der Waals surface area contributed by atoms with Gasteiger partial charge in [-0.1, -0.05) is 0 Å². The Kier molecular flexibility index (Phi) is 16.1. The maximum absolute atomic E-state index is 11.6. The number of ether oxygens (including phenoxy) is 3. The molecule has 0 aromatic carbocycles. The quantitative estimate of drug-likeness (QED) is 0.152. The van der Waals surface area contributed by atoms with E-state index in [2.05, 4.69) is 37.6 Å². The zero-order valence-corrected chi connectivity index (χ0v) is 30.3. The van der Waals surface area contributed by atoms with E-state index in [4.69, 9.17) is 19.3 Å². The van der Waals surface area contributed by atoms with E-state index < -0.39 is 17.8 Å². The number of nitrogens with zero attached hydrogens (tertiary/aromatic N) is 2. The summed E-state index contributed by atoms with van der Waals surface area (Å²) in [5, 5.41) is 15.3. The highest BCUT2D eigenvalue weighted by Crippen LogP contribution is 2.21. The molecule has 1 saturated heterocycles. The molecule has 0 bridgehead atoms. The van der Waals surface area contributed by atoms with Gasteiger partial charge >= 0.3 is 12.2 Å². The molecule has 46 heavy (non-hydrogen) atoms. The van der Waals surface area contributed by atoms with Gasteiger partial charge in [-0.25, -0.2) is 30.4 Å². The highest BCUT2D eigenvalue weighted by Gasteiger charge is 2.16. The van der Waals surface area contributed by atoms with Crippen LogP contribution in [0.2, 0.25) is 0 Å². The van der Waals surface area contributed by atoms with Gasteiger partial charge in [0.1, 0.15) is 12.2 Å². The fraction of sp³-hybridized carbons (Fsp3) is 0.500. The van der Waals surface area contributed by atoms with Crippen LogP contribution in [0, 0.1) is 13.8 Å². The van der Waals surface area contributed by atoms with Crippen LogP contribution in [-0.4, -0.2) is 46.1 Å². The SMILES string of the molecule is C1CCOC1.Cc1nc(CCc2ccc(CO)s2)cs1.Cc1nc(CCc2ccc(COC(=O)NNC(=O)OC(C)(C)C)s2)cs1. The summed E-state index contributed by atoms with van der Waals surface area (Å²) < 4.78 is 15.0. The van der Waals surface area contributed by atoms with Crippen LogP contribution in [0.5, 0.6) is 0 Å². The summed E-state index contributed by atoms with van der Waals surface area (Å²) in [4.78, 5) is 36.4. The number of thiazole rings is 2. The number of aliphatic hydroxyl groups excluding tert-OH is 1. The largest absolute Gasteiger partial charge is 0.443 e. The minimum absolute atomic E-state index is 0.141. The van der Waals surface area contributed by atoms with Gasteiger partial charge in [-0.2, -0.15) is 0 Å². The molecular formula is C32H44N4O6S4. The topological polar surface area (TPSA) is 132 Å². The Morgan fingerprint density at radius 2 is 1.30 bits per heavy atom. The molecular weight excluding hydrogens is 665 g/mol. The highest BCUT2D eigenvalue weighted by molar-refractivity contribution is 7.12. The zero-order valence-electron chi connectivity index (χ0n) is 27.1. The van der Waals surface area contributed by atoms with Gasteiger partial charge in [0.05, 0.1) is 28.0 Å². The normalized spacial score (nSPS) is 12.4. The minimum atomic E-state index is -0.747. The molecule has 252 valence electrons. The number of aromatic nitrogens is 2. The molecule has 3 N–H and O–H groups in total. The Morgan fingerprint density at radius 3 is 1.74 bits per heavy atom. The molecule has 0 unspecified atom stereocenters. The van der Waals surface area contributed by atoms with Crippen molar-refractivity contribution in [2.75, 3.05) is 13.2 Å². The number of aliphatic hydroxyl groups is 1. The number of thiophene rings is 2. The molecule has 0 spiro atoms. The van der Waals surface area contributed by atoms with E-state index in [1.807, 2.05) is 32.0 Å². The Hall–Kier alpha value is -2.88. The van der Waals surface area contributed by atoms with Gasteiger partial charge in [-0.05, 0) is 97.4 Å². The van der Waals surface area contributed by atoms with Crippen LogP contribution in [0.25, 0.3) is 0 Å². The van der Waals surface area contributed by atoms with E-state index in [0.29, 0.717) is 0 Å². The predicted octanol–water partition coefficient (Wildman–Crippen LogP) is 7.55. The summed E-state index contributed by atoms with van der Waals surface area (Å²) in [5.74, 6) is 0. The summed E-state index contributed by atoms with van der Waals surface area (Å²) in [7, 11) is 0. The standard InChI is InChI=1S/C17H23N3O4S2.C11H13NOS2.C4H8O/c1-11-18-12(10-25-11)5-6-13-7-8-14(26-13)9-23-15(21)19-20-16(22)24-17(2,3)4;1-8-12-9(7-14-8)2-3-10-4-5-11(6-13)15-10;1-2-4-5-3-1/h7-8,10H,5-6,9H2,1-4H3,(H,19,21)(H,20,22);4-5,7,13H,2-3,6H2,1H3;1-4H2. The van der Waals surface area contributed by atoms with Gasteiger partial charge in [-0.15, -0.1) is 45.3 Å². The minimum Gasteiger partial charge on any atom is -0.443 e. The first kappa shape index (κ1) is 37.6. The average molecular weight is 709 g/mol. The summed E-state index contributed by atoms with van der Waals surface area (Å²) in [6, 6.07) is 8.04. The Labute approximate surface area is 287 Å². The fourth-order valence-electron chi connectivity index (χ4n) is 3.91. The Bertz CT molecular complexity index is 1460. The molecule has 1 aliphatic heterocycles. The predicted molar refractivity (Wildman–Crippen MR) is 186 cm³/mol. The molecule has 10 nitrogen and oxygen atoms in total. The van der Waals surface area contributed by atoms with E-state index in [1.54, 1.807) is 66.1 Å². The second-order valence-corrected chi connectivity index (χ2v) is 15.9. The van der Waals surface area contributed by atoms with E-state index in [0.717, 1.165) is 64.4 Å². The number of carbonyl (C=O) groups excluding carboxylic acids is 2. The number of amides is 2. The average Bonchev–Trinajstić information content (AvgIpc) is 3.85. The number of aryl methyl sites for hydroxylation is 6. The van der Waals surface area contributed by atoms with Crippen LogP contribution in [-0.2, 0) is 53.1 Å². The zero-order chi connectivity index (χ0) is 33.4. The van der Waals surface area contributed by atoms with Gasteiger partial charge < -0.3 is 19.3 Å². The number of hydrogen-bond donors (Lipinski definition) is 3. The lowest BCUT2D eigenvalue weighted by atomic mass is 10.2. The third-order valence-corrected chi connectivity index (χ3v) is 9.91. The molecule has 0 atom stereocenters. The van der Waals surface area contributed by atoms with Crippen LogP contribution in [0.1, 0.15) is 74.5 Å². The number of nitrogens with one attached hydrogen (secondary N) is 2. The maximum atomic E-state index is 11.6. The van der Waals surface area contributed by atoms with E-state index in [9.17, 15) is 9.59 Å². The van der Waals surface area contributed by atoms with Crippen LogP contribution in [0.4, 0.5) is 9.59 Å². The van der Waals surface area contributed by atoms with Gasteiger partial charge in [0.25, 0.3) is 0 Å². The molecule has 1 fully saturated rings. The van der Waals surface area contributed by atoms with Crippen molar-refractivity contribution in [2.45, 2.75) is 92.0 Å². The van der Waals surface area contributed by atoms with Crippen molar-refractivity contribution in [3.63, 3.8) is 0 Å². The summed E-state index contributed by atoms with van der Waals surface area (Å²) >= 11 is 6.63. The Balaban J connectivity index is 0.000000239. The molecule has 4 aromatic rings. The monoisotopic (exact) mass is 708 g/mol. The lowest BCUT2D eigenvalue weighted by molar-refractivity contribution is 0.0484. The van der Waals surface area contributed by atoms with Gasteiger partial charge in [0.2, 0.25) is 0 Å². The molecule has 0 radical (unpaired) electrons. The molecule has 4 aromatic heterocycles. The van der Waals surface area contributed by atoms with Crippen molar-refractivity contribution in [2.24, 2.45) is 0 Å². The molecule has 5 rings (SSSR count). The van der Waals surface area contributed by atoms with Crippen LogP contribution in [0.15, 0.2) is 35.0 Å². The third kappa shape index (κ3) is 15.6. The van der Waals surface area contributed by atoms with Gasteiger partial charge in [0.15, 0.2) is 0 Å². The number of hydrogen-bond acceptors (Lipinski definition) is 12. The molecule has 0 saturated carbocycles. The van der Waals surface area contributed by atoms with Crippen molar-refractivity contribution in [1.29, 1.82) is 0 Å². The second-order valence-electron chi connectivity index (χ2n) is 11.3. The second kappa shape index (κ2) is 19.7. The molecule has 5 heterocycles. The fourth-order valence-corrected chi connectivity index (χ4v) is 7.02. The van der Waals surface area contributed by atoms with Crippen molar-refractivity contribution in [1.82, 2.24) is 20.8 Å². The van der Waals surface area contributed by atoms with Crippen LogP contribution in [0.3, 0.4) is 0 Å². The Morgan fingerprint density at radius 1 is 0.804 bits per heavy atom. The maximum Gasteiger partial charge on any atom is 0.426 e. The van der Waals surface area contributed by atoms with Crippen LogP contribution < -0.4 is 10.9 Å². The van der Waals surface area contributed by atoms with Gasteiger partial charge in [-0.3, -0.25) is 0 Å². The third-order valence-electron chi connectivity index (χ3n) is 6.02. The first-order chi connectivity index (χ1) is 22.0. The summed E-state index contributed by atoms with van der Waals surface area (Å²) in [5.41, 5.74) is 5.92. The van der Waals surface area contributed by atoms with Crippen molar-refractivity contribution in [3.05, 3.63) is 75.9 Å². The van der Waals surface area contributed by atoms with E-state index in [-0.39, 0.29) is 13.2 Å². The number of carbonyl (C=O) groups is 2. The molecule has 14 heteroatoms. The number of hydrazine groups is 1. The first-order valence-electron chi connectivity index (χ1n) is 15.1. The molecule has 1 aliphatic rings. The van der Waals surface area contributed by atoms with Crippen LogP contribution >= 0.6 is 45.3 Å². The van der Waals surface area contributed by atoms with Crippen molar-refractivity contribution < 1.29 is 28.9 Å². The van der Waals surface area contributed by atoms with Crippen molar-refractivity contribution >= 4 is 57.5 Å². The van der Waals surface area contributed by atoms with Crippen molar-refractivity contribution in [3.8, 4) is 0 Å². The summed E-state index contributed by atoms with van der Waals surface area (Å²) in [6.45, 7) is 11.5. The lowest BCUT2D eigenvalue weighted by Crippen LogP contribution is -2.44. The van der Waals surface area contributed by atoms with Gasteiger partial charge in [0, 0.05) is 43.5 Å². The lowest BCUT2D eigenvalue weighted by Gasteiger charge is -2.19.